The summed E-state index contributed by atoms with van der Waals surface area (Å²) in [5, 5.41) is 0. The molecule has 0 aromatic heterocycles. The first kappa shape index (κ1) is 17.0. The van der Waals surface area contributed by atoms with Crippen LogP contribution in [0.4, 0.5) is 5.69 Å². The maximum atomic E-state index is 11.6. The molecule has 1 rings (SSSR count). The lowest BCUT2D eigenvalue weighted by Gasteiger charge is -2.05. The third-order valence-corrected chi connectivity index (χ3v) is 2.89. The predicted molar refractivity (Wildman–Crippen MR) is 80.6 cm³/mol. The van der Waals surface area contributed by atoms with Gasteiger partial charge >= 0.3 is 11.9 Å². The van der Waals surface area contributed by atoms with E-state index in [1.807, 2.05) is 12.1 Å². The number of carbonyl (C=O) groups excluding carboxylic acids is 2. The van der Waals surface area contributed by atoms with Gasteiger partial charge in [-0.1, -0.05) is 12.1 Å². The molecule has 0 aliphatic rings. The zero-order valence-electron chi connectivity index (χ0n) is 12.5. The number of benzene rings is 1. The highest BCUT2D eigenvalue weighted by atomic mass is 16.5. The summed E-state index contributed by atoms with van der Waals surface area (Å²) in [5.74, 6) is -0.429. The minimum Gasteiger partial charge on any atom is -0.466 e. The molecule has 116 valence electrons. The minimum atomic E-state index is -0.258. The Labute approximate surface area is 125 Å². The lowest BCUT2D eigenvalue weighted by Crippen LogP contribution is -2.09. The van der Waals surface area contributed by atoms with Crippen molar-refractivity contribution in [3.05, 3.63) is 29.8 Å². The highest BCUT2D eigenvalue weighted by Gasteiger charge is 2.05. The number of carbonyl (C=O) groups is 2. The van der Waals surface area contributed by atoms with E-state index in [9.17, 15) is 9.59 Å². The Balaban J connectivity index is 2.07. The van der Waals surface area contributed by atoms with Gasteiger partial charge in [-0.2, -0.15) is 0 Å². The molecule has 0 heterocycles. The first-order chi connectivity index (χ1) is 10.1. The molecule has 0 atom stereocenters. The lowest BCUT2D eigenvalue weighted by molar-refractivity contribution is -0.144. The first-order valence-corrected chi connectivity index (χ1v) is 7.27. The van der Waals surface area contributed by atoms with Gasteiger partial charge < -0.3 is 15.2 Å². The van der Waals surface area contributed by atoms with Crippen molar-refractivity contribution >= 4 is 17.6 Å². The largest absolute Gasteiger partial charge is 0.466 e. The zero-order chi connectivity index (χ0) is 15.5. The molecule has 2 N–H and O–H groups in total. The zero-order valence-corrected chi connectivity index (χ0v) is 12.5. The average molecular weight is 293 g/mol. The fourth-order valence-corrected chi connectivity index (χ4v) is 1.89. The van der Waals surface area contributed by atoms with E-state index < -0.39 is 0 Å². The molecule has 5 nitrogen and oxygen atoms in total. The standard InChI is InChI=1S/C16H23NO4/c1-2-20-15(18)9-4-3-5-10-21-16(19)12-13-7-6-8-14(17)11-13/h6-8,11H,2-5,9-10,12,17H2,1H3. The Morgan fingerprint density at radius 1 is 1.10 bits per heavy atom. The van der Waals surface area contributed by atoms with Crippen LogP contribution in [0.3, 0.4) is 0 Å². The molecule has 0 spiro atoms. The molecule has 0 radical (unpaired) electrons. The van der Waals surface area contributed by atoms with Crippen LogP contribution < -0.4 is 5.73 Å². The van der Waals surface area contributed by atoms with E-state index in [0.717, 1.165) is 24.8 Å². The van der Waals surface area contributed by atoms with Gasteiger partial charge in [0.05, 0.1) is 19.6 Å². The van der Waals surface area contributed by atoms with Gasteiger partial charge in [0, 0.05) is 12.1 Å². The predicted octanol–water partition coefficient (Wildman–Crippen LogP) is 2.48. The number of hydrogen-bond acceptors (Lipinski definition) is 5. The number of rotatable bonds is 9. The quantitative estimate of drug-likeness (QED) is 0.430. The molecule has 21 heavy (non-hydrogen) atoms. The van der Waals surface area contributed by atoms with Gasteiger partial charge in [0.25, 0.3) is 0 Å². The molecule has 0 amide bonds. The number of ether oxygens (including phenoxy) is 2. The van der Waals surface area contributed by atoms with Crippen molar-refractivity contribution in [1.29, 1.82) is 0 Å². The van der Waals surface area contributed by atoms with Crippen LogP contribution in [0.2, 0.25) is 0 Å². The van der Waals surface area contributed by atoms with Crippen molar-refractivity contribution in [3.8, 4) is 0 Å². The maximum absolute atomic E-state index is 11.6. The number of nitrogen functional groups attached to an aromatic ring is 1. The van der Waals surface area contributed by atoms with Crippen molar-refractivity contribution in [3.63, 3.8) is 0 Å². The molecule has 0 unspecified atom stereocenters. The van der Waals surface area contributed by atoms with E-state index in [4.69, 9.17) is 15.2 Å². The number of anilines is 1. The molecule has 5 heteroatoms. The normalized spacial score (nSPS) is 10.1. The number of esters is 2. The molecule has 0 aliphatic carbocycles. The van der Waals surface area contributed by atoms with E-state index in [-0.39, 0.29) is 18.4 Å². The van der Waals surface area contributed by atoms with Gasteiger partial charge in [0.1, 0.15) is 0 Å². The van der Waals surface area contributed by atoms with Crippen LogP contribution in [0.5, 0.6) is 0 Å². The Morgan fingerprint density at radius 3 is 2.62 bits per heavy atom. The summed E-state index contributed by atoms with van der Waals surface area (Å²) in [4.78, 5) is 22.7. The number of hydrogen-bond donors (Lipinski definition) is 1. The third kappa shape index (κ3) is 7.97. The molecule has 0 saturated heterocycles. The second-order valence-corrected chi connectivity index (χ2v) is 4.76. The van der Waals surface area contributed by atoms with E-state index >= 15 is 0 Å². The molecule has 1 aromatic carbocycles. The summed E-state index contributed by atoms with van der Waals surface area (Å²) in [5.41, 5.74) is 7.13. The summed E-state index contributed by atoms with van der Waals surface area (Å²) in [6, 6.07) is 7.20. The highest BCUT2D eigenvalue weighted by Crippen LogP contribution is 2.08. The molecule has 0 fully saturated rings. The Bertz CT molecular complexity index is 459. The second-order valence-electron chi connectivity index (χ2n) is 4.76. The van der Waals surface area contributed by atoms with Gasteiger partial charge in [0.2, 0.25) is 0 Å². The van der Waals surface area contributed by atoms with Gasteiger partial charge in [-0.15, -0.1) is 0 Å². The average Bonchev–Trinajstić information content (AvgIpc) is 2.43. The van der Waals surface area contributed by atoms with Crippen LogP contribution in [0.1, 0.15) is 38.2 Å². The van der Waals surface area contributed by atoms with E-state index in [1.54, 1.807) is 19.1 Å². The van der Waals surface area contributed by atoms with Gasteiger partial charge in [0.15, 0.2) is 0 Å². The molecule has 1 aromatic rings. The smallest absolute Gasteiger partial charge is 0.310 e. The van der Waals surface area contributed by atoms with Crippen molar-refractivity contribution in [2.24, 2.45) is 0 Å². The van der Waals surface area contributed by atoms with Gasteiger partial charge in [-0.05, 0) is 43.9 Å². The van der Waals surface area contributed by atoms with Crippen LogP contribution in [0.15, 0.2) is 24.3 Å². The molecule has 0 saturated carbocycles. The highest BCUT2D eigenvalue weighted by molar-refractivity contribution is 5.73. The van der Waals surface area contributed by atoms with Crippen LogP contribution in [-0.2, 0) is 25.5 Å². The summed E-state index contributed by atoms with van der Waals surface area (Å²) >= 11 is 0. The monoisotopic (exact) mass is 293 g/mol. The fourth-order valence-electron chi connectivity index (χ4n) is 1.89. The van der Waals surface area contributed by atoms with Gasteiger partial charge in [-0.3, -0.25) is 9.59 Å². The third-order valence-electron chi connectivity index (χ3n) is 2.89. The van der Waals surface area contributed by atoms with Gasteiger partial charge in [-0.25, -0.2) is 0 Å². The van der Waals surface area contributed by atoms with Crippen molar-refractivity contribution in [2.45, 2.75) is 39.0 Å². The number of nitrogens with two attached hydrogens (primary N) is 1. The van der Waals surface area contributed by atoms with Crippen LogP contribution in [0.25, 0.3) is 0 Å². The van der Waals surface area contributed by atoms with Crippen LogP contribution >= 0.6 is 0 Å². The van der Waals surface area contributed by atoms with E-state index in [0.29, 0.717) is 25.3 Å². The fraction of sp³-hybridized carbons (Fsp3) is 0.500. The summed E-state index contributed by atoms with van der Waals surface area (Å²) in [6.45, 7) is 2.59. The number of unbranched alkanes of at least 4 members (excludes halogenated alkanes) is 2. The lowest BCUT2D eigenvalue weighted by atomic mass is 10.1. The molecular weight excluding hydrogens is 270 g/mol. The Morgan fingerprint density at radius 2 is 1.90 bits per heavy atom. The van der Waals surface area contributed by atoms with Crippen molar-refractivity contribution in [1.82, 2.24) is 0 Å². The summed E-state index contributed by atoms with van der Waals surface area (Å²) < 4.78 is 9.97. The van der Waals surface area contributed by atoms with E-state index in [2.05, 4.69) is 0 Å². The molecular formula is C16H23NO4. The van der Waals surface area contributed by atoms with Crippen molar-refractivity contribution in [2.75, 3.05) is 18.9 Å². The Hall–Kier alpha value is -2.04. The second kappa shape index (κ2) is 9.80. The Kier molecular flexibility index (Phi) is 7.94. The van der Waals surface area contributed by atoms with E-state index in [1.165, 1.54) is 0 Å². The van der Waals surface area contributed by atoms with Crippen LogP contribution in [-0.4, -0.2) is 25.2 Å². The minimum absolute atomic E-state index is 0.170. The first-order valence-electron chi connectivity index (χ1n) is 7.27. The van der Waals surface area contributed by atoms with Crippen LogP contribution in [0, 0.1) is 0 Å². The molecule has 0 bridgehead atoms. The summed E-state index contributed by atoms with van der Waals surface area (Å²) in [7, 11) is 0. The topological polar surface area (TPSA) is 78.6 Å². The van der Waals surface area contributed by atoms with Crippen molar-refractivity contribution < 1.29 is 19.1 Å². The SMILES string of the molecule is CCOC(=O)CCCCCOC(=O)Cc1cccc(N)c1. The maximum Gasteiger partial charge on any atom is 0.310 e. The molecule has 0 aliphatic heterocycles. The summed E-state index contributed by atoms with van der Waals surface area (Å²) in [6.07, 6.45) is 3.00.